The van der Waals surface area contributed by atoms with E-state index in [1.54, 1.807) is 0 Å². The van der Waals surface area contributed by atoms with Crippen LogP contribution in [0, 0.1) is 43.9 Å². The predicted octanol–water partition coefficient (Wildman–Crippen LogP) is 4.44. The molecule has 5 rings (SSSR count). The lowest BCUT2D eigenvalue weighted by Gasteiger charge is -2.50. The van der Waals surface area contributed by atoms with Crippen molar-refractivity contribution in [2.24, 2.45) is 33.9 Å². The predicted molar refractivity (Wildman–Crippen MR) is 98.6 cm³/mol. The first-order chi connectivity index (χ1) is 12.5. The number of hydrogen-bond donors (Lipinski definition) is 0. The van der Waals surface area contributed by atoms with E-state index in [9.17, 15) is 20.2 Å². The molecule has 4 bridgehead atoms. The van der Waals surface area contributed by atoms with E-state index in [4.69, 9.17) is 0 Å². The molecule has 0 atom stereocenters. The van der Waals surface area contributed by atoms with Crippen molar-refractivity contribution in [3.8, 4) is 0 Å². The SMILES string of the molecule is O=[N+]([O-])c1ccc(S/C=N/N=C2C3CC4CC(C3)CC2C4)c([N+](=O)[O-])c1. The summed E-state index contributed by atoms with van der Waals surface area (Å²) in [5.74, 6) is 2.83. The van der Waals surface area contributed by atoms with Gasteiger partial charge in [-0.2, -0.15) is 10.2 Å². The van der Waals surface area contributed by atoms with Gasteiger partial charge in [-0.1, -0.05) is 11.8 Å². The van der Waals surface area contributed by atoms with Crippen molar-refractivity contribution in [1.29, 1.82) is 0 Å². The van der Waals surface area contributed by atoms with Crippen LogP contribution in [-0.4, -0.2) is 21.1 Å². The molecular formula is C17H18N4O4S. The minimum Gasteiger partial charge on any atom is -0.258 e. The van der Waals surface area contributed by atoms with E-state index >= 15 is 0 Å². The first-order valence-electron chi connectivity index (χ1n) is 8.70. The lowest BCUT2D eigenvalue weighted by molar-refractivity contribution is -0.396. The van der Waals surface area contributed by atoms with Crippen LogP contribution in [0.5, 0.6) is 0 Å². The van der Waals surface area contributed by atoms with Crippen molar-refractivity contribution in [2.75, 3.05) is 0 Å². The molecular weight excluding hydrogens is 356 g/mol. The van der Waals surface area contributed by atoms with Gasteiger partial charge in [-0.05, 0) is 61.8 Å². The Hall–Kier alpha value is -2.29. The summed E-state index contributed by atoms with van der Waals surface area (Å²) < 4.78 is 0. The molecule has 1 aromatic rings. The van der Waals surface area contributed by atoms with Crippen LogP contribution in [0.4, 0.5) is 11.4 Å². The van der Waals surface area contributed by atoms with Crippen LogP contribution in [0.25, 0.3) is 0 Å². The highest BCUT2D eigenvalue weighted by Crippen LogP contribution is 2.52. The normalized spacial score (nSPS) is 29.3. The molecule has 0 aromatic heterocycles. The monoisotopic (exact) mass is 374 g/mol. The number of benzene rings is 1. The molecule has 4 saturated carbocycles. The molecule has 4 fully saturated rings. The first-order valence-corrected chi connectivity index (χ1v) is 9.58. The van der Waals surface area contributed by atoms with Crippen molar-refractivity contribution < 1.29 is 9.85 Å². The second kappa shape index (κ2) is 6.79. The van der Waals surface area contributed by atoms with Gasteiger partial charge in [-0.15, -0.1) is 0 Å². The summed E-state index contributed by atoms with van der Waals surface area (Å²) in [5, 5.41) is 30.5. The second-order valence-electron chi connectivity index (χ2n) is 7.33. The van der Waals surface area contributed by atoms with Crippen LogP contribution in [0.3, 0.4) is 0 Å². The van der Waals surface area contributed by atoms with Crippen LogP contribution in [0.15, 0.2) is 33.3 Å². The number of nitro groups is 2. The number of thioether (sulfide) groups is 1. The molecule has 1 aromatic carbocycles. The summed E-state index contributed by atoms with van der Waals surface area (Å²) >= 11 is 1.06. The first kappa shape index (κ1) is 17.1. The zero-order valence-corrected chi connectivity index (χ0v) is 14.8. The maximum absolute atomic E-state index is 11.1. The molecule has 0 saturated heterocycles. The Labute approximate surface area is 154 Å². The summed E-state index contributed by atoms with van der Waals surface area (Å²) in [6.07, 6.45) is 6.28. The smallest absolute Gasteiger partial charge is 0.258 e. The van der Waals surface area contributed by atoms with Crippen molar-refractivity contribution in [1.82, 2.24) is 0 Å². The molecule has 0 aliphatic heterocycles. The van der Waals surface area contributed by atoms with Crippen molar-refractivity contribution in [3.63, 3.8) is 0 Å². The molecule has 0 heterocycles. The summed E-state index contributed by atoms with van der Waals surface area (Å²) in [7, 11) is 0. The molecule has 0 amide bonds. The Bertz CT molecular complexity index is 793. The van der Waals surface area contributed by atoms with Crippen LogP contribution >= 0.6 is 11.8 Å². The average Bonchev–Trinajstić information content (AvgIpc) is 2.59. The van der Waals surface area contributed by atoms with Gasteiger partial charge in [0.2, 0.25) is 0 Å². The number of nitrogens with zero attached hydrogens (tertiary/aromatic N) is 4. The third kappa shape index (κ3) is 3.23. The van der Waals surface area contributed by atoms with E-state index in [0.29, 0.717) is 16.7 Å². The van der Waals surface area contributed by atoms with Gasteiger partial charge in [0.05, 0.1) is 26.4 Å². The molecule has 8 nitrogen and oxygen atoms in total. The maximum Gasteiger partial charge on any atom is 0.290 e. The van der Waals surface area contributed by atoms with E-state index < -0.39 is 9.85 Å². The van der Waals surface area contributed by atoms with E-state index in [2.05, 4.69) is 10.2 Å². The Morgan fingerprint density at radius 2 is 1.65 bits per heavy atom. The fourth-order valence-corrected chi connectivity index (χ4v) is 5.47. The number of nitro benzene ring substituents is 2. The standard InChI is InChI=1S/C17H18N4O4S/c22-20(23)14-1-2-16(15(8-14)21(24)25)26-9-18-19-17-12-4-10-3-11(6-12)7-13(17)5-10/h1-2,8-13H,3-7H2/b18-9+,19-17?. The van der Waals surface area contributed by atoms with E-state index in [-0.39, 0.29) is 11.4 Å². The summed E-state index contributed by atoms with van der Waals surface area (Å²) in [4.78, 5) is 21.0. The van der Waals surface area contributed by atoms with Gasteiger partial charge >= 0.3 is 0 Å². The zero-order chi connectivity index (χ0) is 18.3. The Balaban J connectivity index is 1.47. The molecule has 9 heteroatoms. The molecule has 0 N–H and O–H groups in total. The largest absolute Gasteiger partial charge is 0.290 e. The lowest BCUT2D eigenvalue weighted by atomic mass is 9.55. The van der Waals surface area contributed by atoms with Gasteiger partial charge in [0.1, 0.15) is 0 Å². The number of rotatable bonds is 5. The minimum atomic E-state index is -0.645. The molecule has 0 radical (unpaired) electrons. The highest BCUT2D eigenvalue weighted by molar-refractivity contribution is 8.12. The Kier molecular flexibility index (Phi) is 4.47. The highest BCUT2D eigenvalue weighted by atomic mass is 32.2. The Morgan fingerprint density at radius 3 is 2.23 bits per heavy atom. The maximum atomic E-state index is 11.1. The van der Waals surface area contributed by atoms with Crippen LogP contribution in [0.2, 0.25) is 0 Å². The van der Waals surface area contributed by atoms with Gasteiger partial charge in [-0.25, -0.2) is 0 Å². The van der Waals surface area contributed by atoms with Gasteiger partial charge in [0, 0.05) is 11.8 Å². The van der Waals surface area contributed by atoms with Crippen LogP contribution in [0.1, 0.15) is 32.1 Å². The van der Waals surface area contributed by atoms with Crippen molar-refractivity contribution in [2.45, 2.75) is 37.0 Å². The third-order valence-electron chi connectivity index (χ3n) is 5.72. The average molecular weight is 374 g/mol. The fraction of sp³-hybridized carbons (Fsp3) is 0.529. The molecule has 4 aliphatic carbocycles. The van der Waals surface area contributed by atoms with Crippen LogP contribution in [-0.2, 0) is 0 Å². The minimum absolute atomic E-state index is 0.294. The summed E-state index contributed by atoms with van der Waals surface area (Å²) in [6.45, 7) is 0. The third-order valence-corrected chi connectivity index (χ3v) is 6.52. The highest BCUT2D eigenvalue weighted by Gasteiger charge is 2.46. The van der Waals surface area contributed by atoms with Gasteiger partial charge in [0.25, 0.3) is 11.4 Å². The fourth-order valence-electron chi connectivity index (χ4n) is 4.86. The van der Waals surface area contributed by atoms with Crippen molar-refractivity contribution >= 4 is 34.4 Å². The van der Waals surface area contributed by atoms with E-state index in [1.165, 1.54) is 55.5 Å². The summed E-state index contributed by atoms with van der Waals surface area (Å²) in [5.41, 5.74) is 2.09. The van der Waals surface area contributed by atoms with E-state index in [1.807, 2.05) is 0 Å². The molecule has 4 aliphatic rings. The zero-order valence-electron chi connectivity index (χ0n) is 14.0. The number of hydrogen-bond acceptors (Lipinski definition) is 7. The van der Waals surface area contributed by atoms with E-state index in [0.717, 1.165) is 29.7 Å². The topological polar surface area (TPSA) is 111 Å². The van der Waals surface area contributed by atoms with Gasteiger partial charge in [-0.3, -0.25) is 20.2 Å². The molecule has 0 spiro atoms. The van der Waals surface area contributed by atoms with Gasteiger partial charge in [0.15, 0.2) is 0 Å². The van der Waals surface area contributed by atoms with Crippen molar-refractivity contribution in [3.05, 3.63) is 38.4 Å². The Morgan fingerprint density at radius 1 is 1.00 bits per heavy atom. The second-order valence-corrected chi connectivity index (χ2v) is 8.22. The number of non-ortho nitro benzene ring substituents is 1. The molecule has 0 unspecified atom stereocenters. The van der Waals surface area contributed by atoms with Gasteiger partial charge < -0.3 is 0 Å². The quantitative estimate of drug-likeness (QED) is 0.249. The molecule has 136 valence electrons. The van der Waals surface area contributed by atoms with Crippen LogP contribution < -0.4 is 0 Å². The summed E-state index contributed by atoms with van der Waals surface area (Å²) in [6, 6.07) is 3.61. The lowest BCUT2D eigenvalue weighted by Crippen LogP contribution is -2.45. The molecule has 26 heavy (non-hydrogen) atoms.